The number of benzene rings is 2. The number of hydrogen-bond acceptors (Lipinski definition) is 7. The van der Waals surface area contributed by atoms with Crippen LogP contribution in [-0.2, 0) is 0 Å². The molecule has 10 heteroatoms. The van der Waals surface area contributed by atoms with E-state index >= 15 is 0 Å². The Morgan fingerprint density at radius 1 is 0.914 bits per heavy atom. The van der Waals surface area contributed by atoms with E-state index in [0.29, 0.717) is 38.5 Å². The van der Waals surface area contributed by atoms with E-state index in [4.69, 9.17) is 0 Å². The lowest BCUT2D eigenvalue weighted by Gasteiger charge is -2.12. The minimum atomic E-state index is -0.426. The maximum atomic E-state index is 13.1. The Morgan fingerprint density at radius 3 is 2.37 bits per heavy atom. The first kappa shape index (κ1) is 23.8. The number of aromatic nitrogens is 2. The van der Waals surface area contributed by atoms with Crippen molar-refractivity contribution < 1.29 is 19.1 Å². The Morgan fingerprint density at radius 2 is 1.63 bits per heavy atom. The highest BCUT2D eigenvalue weighted by Gasteiger charge is 2.16. The van der Waals surface area contributed by atoms with Crippen LogP contribution in [0.15, 0.2) is 54.7 Å². The van der Waals surface area contributed by atoms with Crippen LogP contribution >= 0.6 is 11.3 Å². The van der Waals surface area contributed by atoms with Gasteiger partial charge in [0.1, 0.15) is 28.1 Å². The first-order valence-corrected chi connectivity index (χ1v) is 11.4. The number of thiazole rings is 1. The van der Waals surface area contributed by atoms with E-state index in [1.807, 2.05) is 13.8 Å². The number of pyridine rings is 1. The van der Waals surface area contributed by atoms with Crippen LogP contribution in [-0.4, -0.2) is 26.9 Å². The number of halogens is 1. The van der Waals surface area contributed by atoms with Gasteiger partial charge in [-0.05, 0) is 68.3 Å². The van der Waals surface area contributed by atoms with Crippen molar-refractivity contribution in [2.45, 2.75) is 20.8 Å². The molecule has 0 radical (unpaired) electrons. The molecule has 0 bridgehead atoms. The van der Waals surface area contributed by atoms with E-state index < -0.39 is 11.7 Å². The van der Waals surface area contributed by atoms with E-state index in [1.165, 1.54) is 30.5 Å². The van der Waals surface area contributed by atoms with Crippen molar-refractivity contribution in [1.29, 1.82) is 0 Å². The summed E-state index contributed by atoms with van der Waals surface area (Å²) in [5.41, 5.74) is 3.07. The van der Waals surface area contributed by atoms with Crippen LogP contribution < -0.4 is 16.0 Å². The first-order valence-electron chi connectivity index (χ1n) is 10.6. The number of aryl methyl sites for hydroxylation is 2. The number of phenolic OH excluding ortho intramolecular Hbond substituents is 1. The molecule has 35 heavy (non-hydrogen) atoms. The lowest BCUT2D eigenvalue weighted by atomic mass is 10.1. The number of carbonyl (C=O) groups excluding carboxylic acids is 2. The highest BCUT2D eigenvalue weighted by molar-refractivity contribution is 7.17. The molecule has 0 saturated heterocycles. The normalized spacial score (nSPS) is 10.6. The lowest BCUT2D eigenvalue weighted by molar-refractivity contribution is 0.102. The van der Waals surface area contributed by atoms with Crippen LogP contribution in [0.5, 0.6) is 5.75 Å². The zero-order chi connectivity index (χ0) is 25.1. The molecule has 0 fully saturated rings. The van der Waals surface area contributed by atoms with Crippen LogP contribution in [0, 0.1) is 26.6 Å². The maximum absolute atomic E-state index is 13.1. The van der Waals surface area contributed by atoms with E-state index in [-0.39, 0.29) is 11.7 Å². The first-order chi connectivity index (χ1) is 16.7. The highest BCUT2D eigenvalue weighted by Crippen LogP contribution is 2.30. The second-order valence-electron chi connectivity index (χ2n) is 7.83. The molecule has 0 atom stereocenters. The summed E-state index contributed by atoms with van der Waals surface area (Å²) in [6, 6.07) is 12.0. The average molecular weight is 492 g/mol. The van der Waals surface area contributed by atoms with E-state index in [0.717, 1.165) is 22.5 Å². The summed E-state index contributed by atoms with van der Waals surface area (Å²) in [6.07, 6.45) is 1.45. The fourth-order valence-corrected chi connectivity index (χ4v) is 3.97. The summed E-state index contributed by atoms with van der Waals surface area (Å²) in [7, 11) is 0. The summed E-state index contributed by atoms with van der Waals surface area (Å²) in [4.78, 5) is 34.2. The van der Waals surface area contributed by atoms with Gasteiger partial charge in [-0.15, -0.1) is 0 Å². The second kappa shape index (κ2) is 9.90. The van der Waals surface area contributed by atoms with Gasteiger partial charge < -0.3 is 21.1 Å². The largest absolute Gasteiger partial charge is 0.508 e. The van der Waals surface area contributed by atoms with E-state index in [2.05, 4.69) is 25.9 Å². The van der Waals surface area contributed by atoms with Crippen LogP contribution in [0.1, 0.15) is 36.7 Å². The number of amides is 2. The fraction of sp³-hybridized carbons (Fsp3) is 0.120. The number of anilines is 4. The van der Waals surface area contributed by atoms with Gasteiger partial charge in [0.2, 0.25) is 0 Å². The van der Waals surface area contributed by atoms with Gasteiger partial charge in [-0.3, -0.25) is 9.59 Å². The van der Waals surface area contributed by atoms with Gasteiger partial charge in [-0.1, -0.05) is 23.5 Å². The molecule has 0 unspecified atom stereocenters. The molecule has 2 amide bonds. The molecule has 2 heterocycles. The van der Waals surface area contributed by atoms with Gasteiger partial charge in [0.05, 0.1) is 11.9 Å². The SMILES string of the molecule is Cc1ccc(NC(=O)c2ccc(F)cc2)nc1Nc1ncc(C(=O)Nc2c(C)ccc(O)c2C)s1. The number of rotatable bonds is 6. The minimum absolute atomic E-state index is 0.102. The molecule has 0 aliphatic carbocycles. The van der Waals surface area contributed by atoms with Crippen LogP contribution in [0.25, 0.3) is 0 Å². The summed E-state index contributed by atoms with van der Waals surface area (Å²) >= 11 is 1.14. The van der Waals surface area contributed by atoms with E-state index in [9.17, 15) is 19.1 Å². The van der Waals surface area contributed by atoms with Gasteiger partial charge in [0.15, 0.2) is 5.13 Å². The standard InChI is InChI=1S/C25H22FN5O3S/c1-13-4-10-18(32)15(3)21(13)30-24(34)19-12-27-25(35-19)31-22-14(2)5-11-20(28-22)29-23(33)16-6-8-17(26)9-7-16/h4-12,32H,1-3H3,(H,30,34)(H2,27,28,29,31,33). The monoisotopic (exact) mass is 491 g/mol. The summed E-state index contributed by atoms with van der Waals surface area (Å²) in [5, 5.41) is 19.0. The fourth-order valence-electron chi connectivity index (χ4n) is 3.26. The van der Waals surface area contributed by atoms with Gasteiger partial charge in [0, 0.05) is 11.1 Å². The summed E-state index contributed by atoms with van der Waals surface area (Å²) in [5.74, 6) is -0.328. The van der Waals surface area contributed by atoms with Gasteiger partial charge in [-0.2, -0.15) is 0 Å². The molecule has 0 spiro atoms. The summed E-state index contributed by atoms with van der Waals surface area (Å²) < 4.78 is 13.1. The van der Waals surface area contributed by atoms with Crippen molar-refractivity contribution in [3.63, 3.8) is 0 Å². The average Bonchev–Trinajstić information content (AvgIpc) is 3.30. The van der Waals surface area contributed by atoms with Crippen LogP contribution in [0.3, 0.4) is 0 Å². The lowest BCUT2D eigenvalue weighted by Crippen LogP contribution is -2.13. The number of phenols is 1. The molecule has 2 aromatic carbocycles. The number of aromatic hydroxyl groups is 1. The number of nitrogens with one attached hydrogen (secondary N) is 3. The molecule has 4 N–H and O–H groups in total. The zero-order valence-electron chi connectivity index (χ0n) is 19.1. The predicted molar refractivity (Wildman–Crippen MR) is 134 cm³/mol. The third-order valence-corrected chi connectivity index (χ3v) is 6.19. The predicted octanol–water partition coefficient (Wildman–Crippen LogP) is 5.56. The molecule has 4 rings (SSSR count). The highest BCUT2D eigenvalue weighted by atomic mass is 32.1. The molecule has 0 aliphatic heterocycles. The van der Waals surface area contributed by atoms with Gasteiger partial charge in [0.25, 0.3) is 11.8 Å². The molecule has 0 saturated carbocycles. The summed E-state index contributed by atoms with van der Waals surface area (Å²) in [6.45, 7) is 5.42. The number of hydrogen-bond donors (Lipinski definition) is 4. The molecule has 2 aromatic heterocycles. The molecule has 178 valence electrons. The maximum Gasteiger partial charge on any atom is 0.267 e. The van der Waals surface area contributed by atoms with Gasteiger partial charge in [-0.25, -0.2) is 14.4 Å². The van der Waals surface area contributed by atoms with Crippen molar-refractivity contribution >= 4 is 45.6 Å². The molecule has 0 aliphatic rings. The van der Waals surface area contributed by atoms with E-state index in [1.54, 1.807) is 31.2 Å². The number of carbonyl (C=O) groups is 2. The van der Waals surface area contributed by atoms with Crippen molar-refractivity contribution in [2.75, 3.05) is 16.0 Å². The molecule has 8 nitrogen and oxygen atoms in total. The Bertz CT molecular complexity index is 1420. The van der Waals surface area contributed by atoms with Crippen molar-refractivity contribution in [3.8, 4) is 5.75 Å². The van der Waals surface area contributed by atoms with Crippen molar-refractivity contribution in [3.05, 3.63) is 87.7 Å². The Kier molecular flexibility index (Phi) is 6.74. The molecule has 4 aromatic rings. The zero-order valence-corrected chi connectivity index (χ0v) is 20.0. The van der Waals surface area contributed by atoms with Crippen molar-refractivity contribution in [1.82, 2.24) is 9.97 Å². The Balaban J connectivity index is 1.47. The third kappa shape index (κ3) is 5.44. The smallest absolute Gasteiger partial charge is 0.267 e. The minimum Gasteiger partial charge on any atom is -0.508 e. The Labute approximate surface area is 204 Å². The Hall–Kier alpha value is -4.31. The van der Waals surface area contributed by atoms with Gasteiger partial charge >= 0.3 is 0 Å². The third-order valence-electron chi connectivity index (χ3n) is 5.28. The second-order valence-corrected chi connectivity index (χ2v) is 8.86. The topological polar surface area (TPSA) is 116 Å². The van der Waals surface area contributed by atoms with Crippen LogP contribution in [0.4, 0.5) is 26.8 Å². The molecular formula is C25H22FN5O3S. The molecular weight excluding hydrogens is 469 g/mol. The van der Waals surface area contributed by atoms with Crippen LogP contribution in [0.2, 0.25) is 0 Å². The number of nitrogens with zero attached hydrogens (tertiary/aromatic N) is 2. The van der Waals surface area contributed by atoms with Crippen molar-refractivity contribution in [2.24, 2.45) is 0 Å². The quantitative estimate of drug-likeness (QED) is 0.281.